The van der Waals surface area contributed by atoms with Crippen LogP contribution in [0.1, 0.15) is 6.92 Å². The molecule has 0 bridgehead atoms. The first-order valence-electron chi connectivity index (χ1n) is 5.72. The van der Waals surface area contributed by atoms with E-state index in [0.717, 1.165) is 6.07 Å². The van der Waals surface area contributed by atoms with E-state index in [4.69, 9.17) is 10.5 Å². The van der Waals surface area contributed by atoms with Crippen molar-refractivity contribution < 1.29 is 22.7 Å². The summed E-state index contributed by atoms with van der Waals surface area (Å²) >= 11 is 3.07. The minimum atomic E-state index is -3.16. The molecule has 0 radical (unpaired) electrons. The number of nitrogens with one attached hydrogen (secondary N) is 1. The number of hydrogen-bond donors (Lipinski definition) is 2. The van der Waals surface area contributed by atoms with Crippen LogP contribution in [0.4, 0.5) is 13.2 Å². The van der Waals surface area contributed by atoms with Crippen molar-refractivity contribution in [2.24, 2.45) is 5.73 Å². The van der Waals surface area contributed by atoms with Gasteiger partial charge >= 0.3 is 0 Å². The first-order valence-corrected chi connectivity index (χ1v) is 6.52. The molecule has 0 spiro atoms. The van der Waals surface area contributed by atoms with Crippen LogP contribution in [0, 0.1) is 5.82 Å². The highest BCUT2D eigenvalue weighted by Crippen LogP contribution is 2.26. The third kappa shape index (κ3) is 5.01. The molecule has 1 unspecified atom stereocenters. The summed E-state index contributed by atoms with van der Waals surface area (Å²) in [6.45, 7) is -0.321. The molecule has 0 saturated carbocycles. The molecule has 0 saturated heterocycles. The molecule has 1 amide bonds. The summed E-state index contributed by atoms with van der Waals surface area (Å²) in [4.78, 5) is 11.6. The SMILES string of the molecule is CC(Oc1ccc(F)cc1Br)C(=O)NCC(F)(F)CN. The number of carbonyl (C=O) groups is 1. The van der Waals surface area contributed by atoms with E-state index in [2.05, 4.69) is 15.9 Å². The van der Waals surface area contributed by atoms with Crippen LogP contribution in [0.5, 0.6) is 5.75 Å². The minimum Gasteiger partial charge on any atom is -0.480 e. The lowest BCUT2D eigenvalue weighted by molar-refractivity contribution is -0.129. The Morgan fingerprint density at radius 2 is 2.20 bits per heavy atom. The van der Waals surface area contributed by atoms with Gasteiger partial charge in [-0.3, -0.25) is 4.79 Å². The van der Waals surface area contributed by atoms with Crippen molar-refractivity contribution >= 4 is 21.8 Å². The highest BCUT2D eigenvalue weighted by Gasteiger charge is 2.28. The summed E-state index contributed by atoms with van der Waals surface area (Å²) < 4.78 is 44.2. The van der Waals surface area contributed by atoms with Crippen LogP contribution in [-0.4, -0.2) is 31.0 Å². The lowest BCUT2D eigenvalue weighted by Gasteiger charge is -2.18. The molecule has 1 aromatic carbocycles. The maximum Gasteiger partial charge on any atom is 0.277 e. The van der Waals surface area contributed by atoms with E-state index < -0.39 is 36.8 Å². The van der Waals surface area contributed by atoms with Crippen LogP contribution in [0.3, 0.4) is 0 Å². The number of alkyl halides is 2. The fourth-order valence-electron chi connectivity index (χ4n) is 1.25. The van der Waals surface area contributed by atoms with E-state index in [-0.39, 0.29) is 5.75 Å². The van der Waals surface area contributed by atoms with E-state index in [1.807, 2.05) is 5.32 Å². The summed E-state index contributed by atoms with van der Waals surface area (Å²) in [6.07, 6.45) is -1.01. The van der Waals surface area contributed by atoms with Gasteiger partial charge in [-0.1, -0.05) is 0 Å². The van der Waals surface area contributed by atoms with Gasteiger partial charge in [0, 0.05) is 0 Å². The molecule has 1 aromatic rings. The number of amides is 1. The Labute approximate surface area is 122 Å². The summed E-state index contributed by atoms with van der Waals surface area (Å²) in [5, 5.41) is 2.04. The van der Waals surface area contributed by atoms with Gasteiger partial charge in [0.1, 0.15) is 11.6 Å². The van der Waals surface area contributed by atoms with Gasteiger partial charge in [-0.25, -0.2) is 13.2 Å². The summed E-state index contributed by atoms with van der Waals surface area (Å²) in [5.74, 6) is -4.11. The molecule has 0 aliphatic rings. The predicted octanol–water partition coefficient (Wildman–Crippen LogP) is 2.07. The van der Waals surface area contributed by atoms with Gasteiger partial charge < -0.3 is 15.8 Å². The maximum atomic E-state index is 12.9. The lowest BCUT2D eigenvalue weighted by Crippen LogP contribution is -2.45. The average Bonchev–Trinajstić information content (AvgIpc) is 2.39. The number of halogens is 4. The van der Waals surface area contributed by atoms with Gasteiger partial charge in [-0.2, -0.15) is 0 Å². The van der Waals surface area contributed by atoms with Gasteiger partial charge in [0.05, 0.1) is 17.6 Å². The van der Waals surface area contributed by atoms with Crippen LogP contribution in [0.25, 0.3) is 0 Å². The van der Waals surface area contributed by atoms with E-state index >= 15 is 0 Å². The largest absolute Gasteiger partial charge is 0.480 e. The van der Waals surface area contributed by atoms with Crippen molar-refractivity contribution in [2.45, 2.75) is 19.0 Å². The Kier molecular flexibility index (Phi) is 5.82. The molecule has 4 nitrogen and oxygen atoms in total. The number of benzene rings is 1. The van der Waals surface area contributed by atoms with E-state index in [9.17, 15) is 18.0 Å². The highest BCUT2D eigenvalue weighted by atomic mass is 79.9. The molecular formula is C12H14BrF3N2O2. The lowest BCUT2D eigenvalue weighted by atomic mass is 10.3. The Morgan fingerprint density at radius 1 is 1.55 bits per heavy atom. The fraction of sp³-hybridized carbons (Fsp3) is 0.417. The normalized spacial score (nSPS) is 12.9. The Hall–Kier alpha value is -1.28. The third-order valence-electron chi connectivity index (χ3n) is 2.39. The molecule has 3 N–H and O–H groups in total. The second kappa shape index (κ2) is 6.94. The van der Waals surface area contributed by atoms with Gasteiger partial charge in [0.25, 0.3) is 11.8 Å². The van der Waals surface area contributed by atoms with Crippen molar-refractivity contribution in [1.29, 1.82) is 0 Å². The summed E-state index contributed by atoms with van der Waals surface area (Å²) in [6, 6.07) is 3.66. The van der Waals surface area contributed by atoms with Crippen molar-refractivity contribution in [3.05, 3.63) is 28.5 Å². The Morgan fingerprint density at radius 3 is 2.75 bits per heavy atom. The molecule has 8 heteroatoms. The molecule has 1 rings (SSSR count). The second-order valence-corrected chi connectivity index (χ2v) is 4.97. The van der Waals surface area contributed by atoms with Crippen molar-refractivity contribution in [2.75, 3.05) is 13.1 Å². The van der Waals surface area contributed by atoms with Crippen molar-refractivity contribution in [3.63, 3.8) is 0 Å². The molecular weight excluding hydrogens is 341 g/mol. The standard InChI is InChI=1S/C12H14BrF3N2O2/c1-7(11(19)18-6-12(15,16)5-17)20-10-3-2-8(14)4-9(10)13/h2-4,7H,5-6,17H2,1H3,(H,18,19). The van der Waals surface area contributed by atoms with Crippen LogP contribution in [0.15, 0.2) is 22.7 Å². The average molecular weight is 355 g/mol. The third-order valence-corrected chi connectivity index (χ3v) is 3.01. The zero-order chi connectivity index (χ0) is 15.3. The highest BCUT2D eigenvalue weighted by molar-refractivity contribution is 9.10. The monoisotopic (exact) mass is 354 g/mol. The van der Waals surface area contributed by atoms with Gasteiger partial charge in [-0.05, 0) is 41.1 Å². The molecule has 20 heavy (non-hydrogen) atoms. The summed E-state index contributed by atoms with van der Waals surface area (Å²) in [5.41, 5.74) is 4.85. The van der Waals surface area contributed by atoms with Crippen molar-refractivity contribution in [1.82, 2.24) is 5.32 Å². The first kappa shape index (κ1) is 16.8. The number of nitrogens with two attached hydrogens (primary N) is 1. The van der Waals surface area contributed by atoms with Gasteiger partial charge in [0.2, 0.25) is 0 Å². The number of carbonyl (C=O) groups excluding carboxylic acids is 1. The molecule has 0 aromatic heterocycles. The number of ether oxygens (including phenoxy) is 1. The Balaban J connectivity index is 2.57. The Bertz CT molecular complexity index is 486. The molecule has 0 heterocycles. The smallest absolute Gasteiger partial charge is 0.277 e. The molecule has 112 valence electrons. The van der Waals surface area contributed by atoms with Crippen molar-refractivity contribution in [3.8, 4) is 5.75 Å². The van der Waals surface area contributed by atoms with Crippen LogP contribution in [0.2, 0.25) is 0 Å². The zero-order valence-corrected chi connectivity index (χ0v) is 12.2. The van der Waals surface area contributed by atoms with Gasteiger partial charge in [-0.15, -0.1) is 0 Å². The number of hydrogen-bond acceptors (Lipinski definition) is 3. The first-order chi connectivity index (χ1) is 9.25. The van der Waals surface area contributed by atoms with Crippen LogP contribution >= 0.6 is 15.9 Å². The topological polar surface area (TPSA) is 64.3 Å². The van der Waals surface area contributed by atoms with Crippen LogP contribution in [-0.2, 0) is 4.79 Å². The molecule has 1 atom stereocenters. The number of rotatable bonds is 6. The predicted molar refractivity (Wildman–Crippen MR) is 71.2 cm³/mol. The van der Waals surface area contributed by atoms with Crippen LogP contribution < -0.4 is 15.8 Å². The maximum absolute atomic E-state index is 12.9. The van der Waals surface area contributed by atoms with E-state index in [0.29, 0.717) is 4.47 Å². The fourth-order valence-corrected chi connectivity index (χ4v) is 1.69. The minimum absolute atomic E-state index is 0.236. The quantitative estimate of drug-likeness (QED) is 0.821. The molecule has 0 aliphatic carbocycles. The molecule has 0 fully saturated rings. The van der Waals surface area contributed by atoms with Gasteiger partial charge in [0.15, 0.2) is 6.10 Å². The molecule has 0 aliphatic heterocycles. The summed E-state index contributed by atoms with van der Waals surface area (Å²) in [7, 11) is 0. The van der Waals surface area contributed by atoms with E-state index in [1.54, 1.807) is 0 Å². The van der Waals surface area contributed by atoms with E-state index in [1.165, 1.54) is 19.1 Å². The zero-order valence-electron chi connectivity index (χ0n) is 10.6. The second-order valence-electron chi connectivity index (χ2n) is 4.11.